The number of H-pyrrole nitrogens is 1. The monoisotopic (exact) mass is 471 g/mol. The number of ketones is 1. The third kappa shape index (κ3) is 4.27. The van der Waals surface area contributed by atoms with Gasteiger partial charge in [0.2, 0.25) is 0 Å². The summed E-state index contributed by atoms with van der Waals surface area (Å²) in [4.78, 5) is 24.7. The van der Waals surface area contributed by atoms with Crippen molar-refractivity contribution >= 4 is 34.2 Å². The van der Waals surface area contributed by atoms with Crippen molar-refractivity contribution in [2.24, 2.45) is 5.41 Å². The van der Waals surface area contributed by atoms with Gasteiger partial charge in [-0.15, -0.1) is 0 Å². The van der Waals surface area contributed by atoms with Gasteiger partial charge in [0.25, 0.3) is 5.91 Å². The van der Waals surface area contributed by atoms with Gasteiger partial charge in [-0.05, 0) is 55.9 Å². The van der Waals surface area contributed by atoms with E-state index in [1.54, 1.807) is 0 Å². The molecule has 0 radical (unpaired) electrons. The third-order valence-corrected chi connectivity index (χ3v) is 6.80. The van der Waals surface area contributed by atoms with E-state index in [0.29, 0.717) is 12.2 Å². The number of aromatic nitrogens is 2. The molecule has 3 fully saturated rings. The van der Waals surface area contributed by atoms with Gasteiger partial charge in [-0.25, -0.2) is 4.39 Å². The minimum absolute atomic E-state index is 0.000245. The number of rotatable bonds is 9. The lowest BCUT2D eigenvalue weighted by Crippen LogP contribution is -2.75. The number of nitrogens with one attached hydrogen (secondary N) is 2. The Labute approximate surface area is 194 Å². The molecule has 1 heterocycles. The summed E-state index contributed by atoms with van der Waals surface area (Å²) in [5.41, 5.74) is 1.50. The number of hydrogen-bond acceptors (Lipinski definition) is 5. The molecule has 9 heteroatoms. The summed E-state index contributed by atoms with van der Waals surface area (Å²) in [6.45, 7) is 1.76. The molecule has 33 heavy (non-hydrogen) atoms. The average Bonchev–Trinajstić information content (AvgIpc) is 3.11. The molecule has 3 aromatic rings. The van der Waals surface area contributed by atoms with Crippen LogP contribution in [0.25, 0.3) is 10.9 Å². The quantitative estimate of drug-likeness (QED) is 0.489. The molecule has 6 rings (SSSR count). The summed E-state index contributed by atoms with van der Waals surface area (Å²) >= 11 is 5.64. The molecular weight excluding hydrogens is 449 g/mol. The molecule has 3 aliphatic carbocycles. The number of ether oxygens (including phenoxy) is 2. The van der Waals surface area contributed by atoms with E-state index < -0.39 is 5.82 Å². The van der Waals surface area contributed by atoms with Crippen LogP contribution in [0.5, 0.6) is 11.5 Å². The standard InChI is InChI=1S/C24H23ClFN3O4/c1-14-18-4-2-17(7-21(18)29-28-14)32-9-15(30)8-23-11-24(12-23,13-23)27-22(31)10-33-16-3-5-19(25)20(26)6-16/h2-7H,8-13H2,1H3,(H,27,31)(H,28,29). The van der Waals surface area contributed by atoms with Gasteiger partial charge in [-0.3, -0.25) is 14.7 Å². The Morgan fingerprint density at radius 1 is 1.12 bits per heavy atom. The number of fused-ring (bicyclic) bond motifs is 1. The van der Waals surface area contributed by atoms with Gasteiger partial charge in [-0.1, -0.05) is 11.6 Å². The number of hydrogen-bond donors (Lipinski definition) is 2. The molecule has 2 aromatic carbocycles. The van der Waals surface area contributed by atoms with Crippen LogP contribution in [-0.4, -0.2) is 40.6 Å². The Morgan fingerprint density at radius 2 is 1.82 bits per heavy atom. The van der Waals surface area contributed by atoms with Crippen molar-refractivity contribution in [3.8, 4) is 11.5 Å². The summed E-state index contributed by atoms with van der Waals surface area (Å²) in [6, 6.07) is 9.62. The van der Waals surface area contributed by atoms with E-state index >= 15 is 0 Å². The molecule has 2 N–H and O–H groups in total. The predicted octanol–water partition coefficient (Wildman–Crippen LogP) is 4.12. The molecule has 0 spiro atoms. The molecule has 172 valence electrons. The molecule has 3 aliphatic rings. The summed E-state index contributed by atoms with van der Waals surface area (Å²) in [5, 5.41) is 11.2. The molecule has 1 aromatic heterocycles. The minimum Gasteiger partial charge on any atom is -0.486 e. The zero-order valence-electron chi connectivity index (χ0n) is 18.0. The summed E-state index contributed by atoms with van der Waals surface area (Å²) in [7, 11) is 0. The lowest BCUT2D eigenvalue weighted by molar-refractivity contribution is -0.173. The number of nitrogens with zero attached hydrogens (tertiary/aromatic N) is 1. The Balaban J connectivity index is 1.04. The number of aromatic amines is 1. The molecular formula is C24H23ClFN3O4. The third-order valence-electron chi connectivity index (χ3n) is 6.49. The van der Waals surface area contributed by atoms with Gasteiger partial charge in [0, 0.05) is 35.2 Å². The van der Waals surface area contributed by atoms with Crippen molar-refractivity contribution in [2.75, 3.05) is 13.2 Å². The van der Waals surface area contributed by atoms with Crippen molar-refractivity contribution in [1.29, 1.82) is 0 Å². The fourth-order valence-electron chi connectivity index (χ4n) is 5.21. The van der Waals surface area contributed by atoms with Crippen LogP contribution >= 0.6 is 11.6 Å². The number of aryl methyl sites for hydroxylation is 1. The summed E-state index contributed by atoms with van der Waals surface area (Å²) in [6.07, 6.45) is 2.75. The van der Waals surface area contributed by atoms with Crippen molar-refractivity contribution in [3.05, 3.63) is 52.9 Å². The Hall–Kier alpha value is -3.13. The van der Waals surface area contributed by atoms with Gasteiger partial charge < -0.3 is 14.8 Å². The second kappa shape index (κ2) is 8.02. The van der Waals surface area contributed by atoms with E-state index in [9.17, 15) is 14.0 Å². The number of halogens is 2. The van der Waals surface area contributed by atoms with Crippen LogP contribution < -0.4 is 14.8 Å². The number of Topliss-reactive ketones (excluding diaryl/α,β-unsaturated/α-hetero) is 1. The zero-order chi connectivity index (χ0) is 23.2. The minimum atomic E-state index is -0.596. The van der Waals surface area contributed by atoms with Gasteiger partial charge in [0.1, 0.15) is 23.9 Å². The first-order valence-electron chi connectivity index (χ1n) is 10.7. The second-order valence-corrected chi connectivity index (χ2v) is 9.66. The fraction of sp³-hybridized carbons (Fsp3) is 0.375. The molecule has 0 aliphatic heterocycles. The van der Waals surface area contributed by atoms with Gasteiger partial charge in [0.15, 0.2) is 12.4 Å². The Kier molecular flexibility index (Phi) is 5.28. The molecule has 3 saturated carbocycles. The smallest absolute Gasteiger partial charge is 0.258 e. The zero-order valence-corrected chi connectivity index (χ0v) is 18.8. The molecule has 0 atom stereocenters. The summed E-state index contributed by atoms with van der Waals surface area (Å²) < 4.78 is 24.5. The predicted molar refractivity (Wildman–Crippen MR) is 120 cm³/mol. The van der Waals surface area contributed by atoms with Crippen LogP contribution in [0.3, 0.4) is 0 Å². The average molecular weight is 472 g/mol. The van der Waals surface area contributed by atoms with Crippen molar-refractivity contribution in [1.82, 2.24) is 15.5 Å². The van der Waals surface area contributed by atoms with Crippen LogP contribution in [0.4, 0.5) is 4.39 Å². The number of amides is 1. The fourth-order valence-corrected chi connectivity index (χ4v) is 5.33. The summed E-state index contributed by atoms with van der Waals surface area (Å²) in [5.74, 6) is 0.0391. The number of benzene rings is 2. The molecule has 1 amide bonds. The molecule has 2 bridgehead atoms. The van der Waals surface area contributed by atoms with Crippen molar-refractivity contribution < 1.29 is 23.5 Å². The largest absolute Gasteiger partial charge is 0.486 e. The van der Waals surface area contributed by atoms with Gasteiger partial charge in [-0.2, -0.15) is 5.10 Å². The maximum absolute atomic E-state index is 13.5. The molecule has 0 unspecified atom stereocenters. The van der Waals surface area contributed by atoms with Crippen molar-refractivity contribution in [2.45, 2.75) is 38.1 Å². The van der Waals surface area contributed by atoms with Crippen LogP contribution in [0.1, 0.15) is 31.4 Å². The van der Waals surface area contributed by atoms with Crippen molar-refractivity contribution in [3.63, 3.8) is 0 Å². The lowest BCUT2D eigenvalue weighted by Gasteiger charge is -2.70. The second-order valence-electron chi connectivity index (χ2n) is 9.26. The van der Waals surface area contributed by atoms with Crippen LogP contribution in [0, 0.1) is 18.2 Å². The van der Waals surface area contributed by atoms with Crippen LogP contribution in [0.15, 0.2) is 36.4 Å². The Morgan fingerprint density at radius 3 is 2.58 bits per heavy atom. The maximum atomic E-state index is 13.5. The number of carbonyl (C=O) groups excluding carboxylic acids is 2. The lowest BCUT2D eigenvalue weighted by atomic mass is 9.38. The highest BCUT2D eigenvalue weighted by molar-refractivity contribution is 6.30. The van der Waals surface area contributed by atoms with E-state index in [1.165, 1.54) is 12.1 Å². The highest BCUT2D eigenvalue weighted by Crippen LogP contribution is 2.69. The van der Waals surface area contributed by atoms with Crippen LogP contribution in [-0.2, 0) is 9.59 Å². The normalized spacial score (nSPS) is 22.9. The molecule has 0 saturated heterocycles. The first-order chi connectivity index (χ1) is 15.7. The van der Waals surface area contributed by atoms with E-state index in [1.807, 2.05) is 25.1 Å². The highest BCUT2D eigenvalue weighted by Gasteiger charge is 2.68. The first-order valence-corrected chi connectivity index (χ1v) is 11.1. The van der Waals surface area contributed by atoms with E-state index in [4.69, 9.17) is 21.1 Å². The van der Waals surface area contributed by atoms with E-state index in [2.05, 4.69) is 15.5 Å². The molecule has 7 nitrogen and oxygen atoms in total. The van der Waals surface area contributed by atoms with E-state index in [0.717, 1.165) is 41.9 Å². The SMILES string of the molecule is Cc1[nH]nc2cc(OCC(=O)CC34CC(NC(=O)COc5ccc(Cl)c(F)c5)(C3)C4)ccc12. The topological polar surface area (TPSA) is 93.3 Å². The van der Waals surface area contributed by atoms with Gasteiger partial charge in [0.05, 0.1) is 10.5 Å². The Bertz CT molecular complexity index is 1240. The van der Waals surface area contributed by atoms with Gasteiger partial charge >= 0.3 is 0 Å². The van der Waals surface area contributed by atoms with Crippen LogP contribution in [0.2, 0.25) is 5.02 Å². The van der Waals surface area contributed by atoms with E-state index in [-0.39, 0.29) is 46.6 Å². The first kappa shape index (κ1) is 21.7. The number of carbonyl (C=O) groups is 2. The highest BCUT2D eigenvalue weighted by atomic mass is 35.5. The maximum Gasteiger partial charge on any atom is 0.258 e.